The molecule has 0 spiro atoms. The van der Waals surface area contributed by atoms with Crippen LogP contribution in [0.1, 0.15) is 0 Å². The van der Waals surface area contributed by atoms with Gasteiger partial charge in [0.05, 0.1) is 0 Å². The van der Waals surface area contributed by atoms with Gasteiger partial charge in [0.2, 0.25) is 0 Å². The molecule has 4 heavy (non-hydrogen) atoms. The minimum absolute atomic E-state index is 1.72. The molecule has 4 heteroatoms. The predicted molar refractivity (Wildman–Crippen MR) is 15.4 cm³/mol. The van der Waals surface area contributed by atoms with Crippen molar-refractivity contribution in [3.63, 3.8) is 0 Å². The van der Waals surface area contributed by atoms with Crippen LogP contribution in [0.25, 0.3) is 0 Å². The van der Waals surface area contributed by atoms with Gasteiger partial charge in [0.25, 0.3) is 0 Å². The van der Waals surface area contributed by atoms with Gasteiger partial charge in [-0.2, -0.15) is 0 Å². The molecule has 0 N–H and O–H groups in total. The number of rotatable bonds is 0. The Kier molecular flexibility index (Phi) is 2280. The summed E-state index contributed by atoms with van der Waals surface area (Å²) < 4.78 is 16.1. The Balaban J connectivity index is 0. The molecular formula is HO2PSi. The Morgan fingerprint density at radius 3 is 1.25 bits per heavy atom. The lowest BCUT2D eigenvalue weighted by Gasteiger charge is -0.807. The van der Waals surface area contributed by atoms with Gasteiger partial charge in [-0.25, -0.2) is 0 Å². The van der Waals surface area contributed by atoms with Crippen molar-refractivity contribution < 1.29 is 9.03 Å². The van der Waals surface area contributed by atoms with Crippen molar-refractivity contribution in [3.8, 4) is 0 Å². The molecule has 0 unspecified atom stereocenters. The van der Waals surface area contributed by atoms with E-state index in [0.29, 0.717) is 0 Å². The fourth-order valence-corrected chi connectivity index (χ4v) is 0. The van der Waals surface area contributed by atoms with E-state index >= 15 is 0 Å². The Morgan fingerprint density at radius 2 is 1.25 bits per heavy atom. The van der Waals surface area contributed by atoms with Gasteiger partial charge in [0, 0.05) is 0 Å². The molecule has 0 bridgehead atoms. The molecule has 0 rings (SSSR count). The zero-order valence-electron chi connectivity index (χ0n) is 1.82. The van der Waals surface area contributed by atoms with Crippen LogP contribution in [-0.4, -0.2) is 10.1 Å². The molecule has 2 radical (unpaired) electrons. The lowest BCUT2D eigenvalue weighted by atomic mass is 16.0. The second-order valence-corrected chi connectivity index (χ2v) is 0. The summed E-state index contributed by atoms with van der Waals surface area (Å²) in [5.41, 5.74) is 0. The minimum Gasteiger partial charge on any atom is -0.381 e. The van der Waals surface area contributed by atoms with Crippen LogP contribution in [-0.2, 0) is 9.03 Å². The molecule has 0 atom stereocenters. The molecule has 0 aromatic heterocycles. The van der Waals surface area contributed by atoms with Crippen molar-refractivity contribution in [1.82, 2.24) is 0 Å². The maximum Gasteiger partial charge on any atom is 0.381 e. The average Bonchev–Trinajstić information content (AvgIpc) is 1.50. The SMILES string of the molecule is O=P.O=[Si]. The van der Waals surface area contributed by atoms with Crippen LogP contribution < -0.4 is 0 Å². The highest BCUT2D eigenvalue weighted by molar-refractivity contribution is 7.00. The molecule has 0 aliphatic carbocycles. The molecule has 0 saturated carbocycles. The number of hydrogen-bond donors (Lipinski definition) is 0. The zero-order valence-corrected chi connectivity index (χ0v) is 3.82. The molecular weight excluding hydrogens is 91.1 g/mol. The van der Waals surface area contributed by atoms with E-state index in [1.54, 1.807) is 19.2 Å². The normalized spacial score (nSPS) is 2.00. The molecule has 22 valence electrons. The molecule has 0 fully saturated rings. The van der Waals surface area contributed by atoms with E-state index in [-0.39, 0.29) is 0 Å². The van der Waals surface area contributed by atoms with Crippen LogP contribution in [0.15, 0.2) is 0 Å². The van der Waals surface area contributed by atoms with E-state index in [0.717, 1.165) is 0 Å². The quantitative estimate of drug-likeness (QED) is 0.310. The summed E-state index contributed by atoms with van der Waals surface area (Å²) >= 11 is 0. The third kappa shape index (κ3) is 193. The van der Waals surface area contributed by atoms with Crippen LogP contribution in [0, 0.1) is 0 Å². The lowest BCUT2D eigenvalue weighted by Crippen LogP contribution is -0.969. The summed E-state index contributed by atoms with van der Waals surface area (Å²) in [6.45, 7) is 0. The van der Waals surface area contributed by atoms with E-state index in [1.165, 1.54) is 0 Å². The maximum atomic E-state index is 8.06. The average molecular weight is 92.1 g/mol. The highest BCUT2D eigenvalue weighted by Gasteiger charge is 0.803. The van der Waals surface area contributed by atoms with Crippen molar-refractivity contribution in [3.05, 3.63) is 0 Å². The highest BCUT2D eigenvalue weighted by atomic mass is 31.0. The first kappa shape index (κ1) is 8.93. The standard InChI is InChI=1S/HOP.OSi/c2*1-2/h2H;. The second-order valence-electron chi connectivity index (χ2n) is 0. The molecule has 2 nitrogen and oxygen atoms in total. The summed E-state index contributed by atoms with van der Waals surface area (Å²) in [6.07, 6.45) is 0. The van der Waals surface area contributed by atoms with Gasteiger partial charge in [-0.1, -0.05) is 0 Å². The van der Waals surface area contributed by atoms with E-state index in [2.05, 4.69) is 0 Å². The Morgan fingerprint density at radius 1 is 1.25 bits per heavy atom. The molecule has 0 aliphatic rings. The molecule has 0 aliphatic heterocycles. The van der Waals surface area contributed by atoms with E-state index in [4.69, 9.17) is 9.03 Å². The zero-order chi connectivity index (χ0) is 4.00. The first-order valence-electron chi connectivity index (χ1n) is 0.408. The van der Waals surface area contributed by atoms with Crippen LogP contribution in [0.2, 0.25) is 0 Å². The summed E-state index contributed by atoms with van der Waals surface area (Å²) in [5.74, 6) is 0. The van der Waals surface area contributed by atoms with Crippen molar-refractivity contribution >= 4 is 19.2 Å². The monoisotopic (exact) mass is 91.9 g/mol. The summed E-state index contributed by atoms with van der Waals surface area (Å²) in [7, 11) is 3.44. The maximum absolute atomic E-state index is 8.06. The van der Waals surface area contributed by atoms with Gasteiger partial charge in [-0.3, -0.25) is 4.57 Å². The Bertz CT molecular complexity index is 8.00. The smallest absolute Gasteiger partial charge is 0.381 e. The van der Waals surface area contributed by atoms with Crippen molar-refractivity contribution in [2.45, 2.75) is 0 Å². The van der Waals surface area contributed by atoms with Gasteiger partial charge in [0.1, 0.15) is 9.12 Å². The van der Waals surface area contributed by atoms with Gasteiger partial charge in [0.15, 0.2) is 0 Å². The largest absolute Gasteiger partial charge is 0.381 e. The second kappa shape index (κ2) is 1020. The first-order chi connectivity index (χ1) is 2.00. The summed E-state index contributed by atoms with van der Waals surface area (Å²) in [6, 6.07) is 0. The molecule has 0 saturated heterocycles. The van der Waals surface area contributed by atoms with Crippen LogP contribution >= 0.6 is 9.12 Å². The summed E-state index contributed by atoms with van der Waals surface area (Å²) in [5, 5.41) is 0. The van der Waals surface area contributed by atoms with Gasteiger partial charge >= 0.3 is 10.1 Å². The fourth-order valence-electron chi connectivity index (χ4n) is 0. The number of hydrogen-bond acceptors (Lipinski definition) is 2. The third-order valence-electron chi connectivity index (χ3n) is 0. The first-order valence-corrected chi connectivity index (χ1v) is 1.22. The molecule has 0 aromatic carbocycles. The van der Waals surface area contributed by atoms with Crippen LogP contribution in [0.5, 0.6) is 0 Å². The van der Waals surface area contributed by atoms with Gasteiger partial charge < -0.3 is 4.46 Å². The van der Waals surface area contributed by atoms with Gasteiger partial charge in [-0.15, -0.1) is 0 Å². The van der Waals surface area contributed by atoms with E-state index in [9.17, 15) is 0 Å². The van der Waals surface area contributed by atoms with Crippen LogP contribution in [0.3, 0.4) is 0 Å². The van der Waals surface area contributed by atoms with Crippen molar-refractivity contribution in [2.75, 3.05) is 0 Å². The highest BCUT2D eigenvalue weighted by Crippen LogP contribution is 1.23. The van der Waals surface area contributed by atoms with E-state index < -0.39 is 0 Å². The van der Waals surface area contributed by atoms with Crippen LogP contribution in [0.4, 0.5) is 0 Å². The Labute approximate surface area is 29.3 Å². The van der Waals surface area contributed by atoms with Crippen molar-refractivity contribution in [1.29, 1.82) is 0 Å². The Hall–Kier alpha value is 0.117. The lowest BCUT2D eigenvalue weighted by molar-refractivity contribution is 0.590. The van der Waals surface area contributed by atoms with E-state index in [1.807, 2.05) is 0 Å². The molecule has 0 amide bonds. The summed E-state index contributed by atoms with van der Waals surface area (Å²) in [4.78, 5) is 0. The minimum atomic E-state index is 1.72. The fraction of sp³-hybridized carbons (Fsp3) is 0. The van der Waals surface area contributed by atoms with Crippen molar-refractivity contribution in [2.24, 2.45) is 0 Å². The topological polar surface area (TPSA) is 34.1 Å². The van der Waals surface area contributed by atoms with Gasteiger partial charge in [-0.05, 0) is 0 Å². The third-order valence-corrected chi connectivity index (χ3v) is 0. The molecule has 0 aromatic rings. The molecule has 0 heterocycles. The predicted octanol–water partition coefficient (Wildman–Crippen LogP) is -0.0249.